The van der Waals surface area contributed by atoms with Crippen LogP contribution in [-0.2, 0) is 17.8 Å². The first-order valence-electron chi connectivity index (χ1n) is 11.3. The highest BCUT2D eigenvalue weighted by atomic mass is 32.2. The number of carbonyl (C=O) groups excluding carboxylic acids is 1. The number of nitrogens with zero attached hydrogens (tertiary/aromatic N) is 1. The summed E-state index contributed by atoms with van der Waals surface area (Å²) in [6.07, 6.45) is 2.86. The summed E-state index contributed by atoms with van der Waals surface area (Å²) in [5.41, 5.74) is 4.18. The number of rotatable bonds is 6. The summed E-state index contributed by atoms with van der Waals surface area (Å²) >= 11 is 1.35. The Labute approximate surface area is 203 Å². The van der Waals surface area contributed by atoms with E-state index >= 15 is 0 Å². The van der Waals surface area contributed by atoms with Crippen molar-refractivity contribution in [1.29, 1.82) is 0 Å². The molecule has 168 valence electrons. The SMILES string of the molecule is CCc1ccc(N=C2NC(=O)/C(=C/c3ccc(OCc4cccc5ccccc45)cc3)S2)cc1. The van der Waals surface area contributed by atoms with Crippen molar-refractivity contribution < 1.29 is 9.53 Å². The van der Waals surface area contributed by atoms with Crippen molar-refractivity contribution >= 4 is 45.4 Å². The topological polar surface area (TPSA) is 50.7 Å². The first kappa shape index (κ1) is 22.0. The molecular formula is C29H24N2O2S. The van der Waals surface area contributed by atoms with Gasteiger partial charge in [0, 0.05) is 0 Å². The van der Waals surface area contributed by atoms with Crippen molar-refractivity contribution in [3.8, 4) is 5.75 Å². The number of amides is 1. The van der Waals surface area contributed by atoms with Crippen LogP contribution in [0, 0.1) is 0 Å². The zero-order valence-electron chi connectivity index (χ0n) is 18.8. The number of carbonyl (C=O) groups is 1. The van der Waals surface area contributed by atoms with Crippen LogP contribution in [0.25, 0.3) is 16.8 Å². The molecule has 1 aliphatic rings. The molecule has 34 heavy (non-hydrogen) atoms. The van der Waals surface area contributed by atoms with Gasteiger partial charge in [-0.15, -0.1) is 0 Å². The molecule has 0 aliphatic carbocycles. The maximum atomic E-state index is 12.4. The Bertz CT molecular complexity index is 1380. The van der Waals surface area contributed by atoms with Gasteiger partial charge >= 0.3 is 0 Å². The first-order valence-corrected chi connectivity index (χ1v) is 12.1. The first-order chi connectivity index (χ1) is 16.7. The molecule has 1 amide bonds. The summed E-state index contributed by atoms with van der Waals surface area (Å²) in [5, 5.41) is 5.85. The van der Waals surface area contributed by atoms with Crippen LogP contribution in [0.3, 0.4) is 0 Å². The molecule has 0 saturated carbocycles. The third-order valence-electron chi connectivity index (χ3n) is 5.68. The third-order valence-corrected chi connectivity index (χ3v) is 6.59. The molecule has 4 nitrogen and oxygen atoms in total. The van der Waals surface area contributed by atoms with Crippen molar-refractivity contribution in [3.05, 3.63) is 113 Å². The van der Waals surface area contributed by atoms with Gasteiger partial charge in [-0.3, -0.25) is 4.79 Å². The predicted octanol–water partition coefficient (Wildman–Crippen LogP) is 6.87. The van der Waals surface area contributed by atoms with Gasteiger partial charge in [0.25, 0.3) is 5.91 Å². The van der Waals surface area contributed by atoms with E-state index in [1.807, 2.05) is 54.6 Å². The maximum Gasteiger partial charge on any atom is 0.264 e. The standard InChI is InChI=1S/C29H24N2O2S/c1-2-20-10-14-24(15-11-20)30-29-31-28(32)27(34-29)18-21-12-16-25(17-13-21)33-19-23-8-5-7-22-6-3-4-9-26(22)23/h3-18H,2,19H2,1H3,(H,30,31,32)/b27-18-. The van der Waals surface area contributed by atoms with E-state index in [1.165, 1.54) is 28.1 Å². The molecule has 0 radical (unpaired) electrons. The highest BCUT2D eigenvalue weighted by molar-refractivity contribution is 8.18. The second-order valence-electron chi connectivity index (χ2n) is 8.00. The minimum absolute atomic E-state index is 0.134. The molecule has 1 saturated heterocycles. The largest absolute Gasteiger partial charge is 0.489 e. The summed E-state index contributed by atoms with van der Waals surface area (Å²) in [6.45, 7) is 2.62. The van der Waals surface area contributed by atoms with E-state index in [-0.39, 0.29) is 5.91 Å². The molecule has 0 atom stereocenters. The number of nitrogens with one attached hydrogen (secondary N) is 1. The van der Waals surface area contributed by atoms with E-state index in [0.29, 0.717) is 16.7 Å². The van der Waals surface area contributed by atoms with Gasteiger partial charge < -0.3 is 10.1 Å². The Kier molecular flexibility index (Phi) is 6.45. The van der Waals surface area contributed by atoms with Crippen LogP contribution in [0.4, 0.5) is 5.69 Å². The number of hydrogen-bond donors (Lipinski definition) is 1. The van der Waals surface area contributed by atoms with Crippen LogP contribution in [0.2, 0.25) is 0 Å². The van der Waals surface area contributed by atoms with Crippen LogP contribution in [0.1, 0.15) is 23.6 Å². The van der Waals surface area contributed by atoms with Gasteiger partial charge in [0.15, 0.2) is 5.17 Å². The lowest BCUT2D eigenvalue weighted by Gasteiger charge is -2.09. The van der Waals surface area contributed by atoms with Crippen LogP contribution in [-0.4, -0.2) is 11.1 Å². The molecule has 0 aromatic heterocycles. The average molecular weight is 465 g/mol. The molecule has 0 unspecified atom stereocenters. The number of benzene rings is 4. The molecule has 5 heteroatoms. The van der Waals surface area contributed by atoms with E-state index in [4.69, 9.17) is 4.74 Å². The van der Waals surface area contributed by atoms with Crippen LogP contribution >= 0.6 is 11.8 Å². The smallest absolute Gasteiger partial charge is 0.264 e. The summed E-state index contributed by atoms with van der Waals surface area (Å²) < 4.78 is 6.02. The molecule has 4 aromatic rings. The van der Waals surface area contributed by atoms with Crippen LogP contribution in [0.15, 0.2) is 101 Å². The zero-order valence-corrected chi connectivity index (χ0v) is 19.6. The fourth-order valence-corrected chi connectivity index (χ4v) is 4.64. The molecular weight excluding hydrogens is 440 g/mol. The highest BCUT2D eigenvalue weighted by Gasteiger charge is 2.23. The van der Waals surface area contributed by atoms with Gasteiger partial charge in [-0.2, -0.15) is 0 Å². The summed E-state index contributed by atoms with van der Waals surface area (Å²) in [4.78, 5) is 17.6. The predicted molar refractivity (Wildman–Crippen MR) is 141 cm³/mol. The molecule has 1 N–H and O–H groups in total. The monoisotopic (exact) mass is 464 g/mol. The zero-order chi connectivity index (χ0) is 23.3. The van der Waals surface area contributed by atoms with Gasteiger partial charge in [0.1, 0.15) is 12.4 Å². The molecule has 1 fully saturated rings. The van der Waals surface area contributed by atoms with E-state index < -0.39 is 0 Å². The Morgan fingerprint density at radius 2 is 1.68 bits per heavy atom. The average Bonchev–Trinajstić information content (AvgIpc) is 3.22. The number of fused-ring (bicyclic) bond motifs is 1. The van der Waals surface area contributed by atoms with Crippen molar-refractivity contribution in [2.24, 2.45) is 4.99 Å². The number of aliphatic imine (C=N–C) groups is 1. The van der Waals surface area contributed by atoms with Crippen molar-refractivity contribution in [1.82, 2.24) is 5.32 Å². The van der Waals surface area contributed by atoms with Gasteiger partial charge in [-0.05, 0) is 76.0 Å². The number of hydrogen-bond acceptors (Lipinski definition) is 4. The van der Waals surface area contributed by atoms with Crippen molar-refractivity contribution in [2.45, 2.75) is 20.0 Å². The van der Waals surface area contributed by atoms with Crippen LogP contribution in [0.5, 0.6) is 5.75 Å². The second-order valence-corrected chi connectivity index (χ2v) is 9.03. The van der Waals surface area contributed by atoms with Crippen molar-refractivity contribution in [2.75, 3.05) is 0 Å². The van der Waals surface area contributed by atoms with Crippen LogP contribution < -0.4 is 10.1 Å². The van der Waals surface area contributed by atoms with Gasteiger partial charge in [-0.1, -0.05) is 73.7 Å². The molecule has 1 aliphatic heterocycles. The number of ether oxygens (including phenoxy) is 1. The lowest BCUT2D eigenvalue weighted by Crippen LogP contribution is -2.19. The molecule has 4 aromatic carbocycles. The van der Waals surface area contributed by atoms with E-state index in [1.54, 1.807) is 0 Å². The van der Waals surface area contributed by atoms with E-state index in [2.05, 4.69) is 59.7 Å². The minimum atomic E-state index is -0.134. The Hall–Kier alpha value is -3.83. The quantitative estimate of drug-likeness (QED) is 0.317. The molecule has 1 heterocycles. The Balaban J connectivity index is 1.24. The summed E-state index contributed by atoms with van der Waals surface area (Å²) in [7, 11) is 0. The number of aryl methyl sites for hydroxylation is 1. The molecule has 5 rings (SSSR count). The summed E-state index contributed by atoms with van der Waals surface area (Å²) in [5.74, 6) is 0.654. The van der Waals surface area contributed by atoms with Crippen molar-refractivity contribution in [3.63, 3.8) is 0 Å². The Morgan fingerprint density at radius 1 is 0.912 bits per heavy atom. The number of thioether (sulfide) groups is 1. The van der Waals surface area contributed by atoms with Gasteiger partial charge in [-0.25, -0.2) is 4.99 Å². The second kappa shape index (κ2) is 9.98. The highest BCUT2D eigenvalue weighted by Crippen LogP contribution is 2.29. The lowest BCUT2D eigenvalue weighted by molar-refractivity contribution is -0.115. The van der Waals surface area contributed by atoms with Gasteiger partial charge in [0.05, 0.1) is 10.6 Å². The summed E-state index contributed by atoms with van der Waals surface area (Å²) in [6, 6.07) is 30.4. The van der Waals surface area contributed by atoms with E-state index in [9.17, 15) is 4.79 Å². The molecule has 0 spiro atoms. The molecule has 0 bridgehead atoms. The third kappa shape index (κ3) is 5.05. The fourth-order valence-electron chi connectivity index (χ4n) is 3.80. The normalized spacial score (nSPS) is 15.7. The number of amidine groups is 1. The minimum Gasteiger partial charge on any atom is -0.489 e. The fraction of sp³-hybridized carbons (Fsp3) is 0.103. The maximum absolute atomic E-state index is 12.4. The van der Waals surface area contributed by atoms with Gasteiger partial charge in [0.2, 0.25) is 0 Å². The lowest BCUT2D eigenvalue weighted by atomic mass is 10.1. The Morgan fingerprint density at radius 3 is 2.47 bits per heavy atom. The van der Waals surface area contributed by atoms with E-state index in [0.717, 1.165) is 29.0 Å².